The van der Waals surface area contributed by atoms with Gasteiger partial charge in [0, 0.05) is 24.0 Å². The molecule has 3 heterocycles. The highest BCUT2D eigenvalue weighted by atomic mass is 16.5. The van der Waals surface area contributed by atoms with Gasteiger partial charge >= 0.3 is 0 Å². The number of aliphatic hydroxyl groups is 1. The molecule has 0 aliphatic heterocycles. The molecule has 2 aliphatic carbocycles. The molecule has 3 aromatic heterocycles. The van der Waals surface area contributed by atoms with E-state index < -0.39 is 0 Å². The van der Waals surface area contributed by atoms with E-state index in [2.05, 4.69) is 15.4 Å². The van der Waals surface area contributed by atoms with Gasteiger partial charge in [0.2, 0.25) is 5.88 Å². The number of carbonyl (C=O) groups is 1. The molecule has 9 heteroatoms. The van der Waals surface area contributed by atoms with E-state index in [0.717, 1.165) is 55.1 Å². The van der Waals surface area contributed by atoms with Gasteiger partial charge < -0.3 is 15.2 Å². The Morgan fingerprint density at radius 2 is 2.00 bits per heavy atom. The molecule has 0 unspecified atom stereocenters. The Labute approximate surface area is 184 Å². The quantitative estimate of drug-likeness (QED) is 0.502. The number of aromatic nitrogens is 5. The number of carbonyl (C=O) groups excluding carboxylic acids is 1. The van der Waals surface area contributed by atoms with Crippen molar-refractivity contribution in [3.05, 3.63) is 48.4 Å². The number of benzene rings is 1. The number of hydrogen-bond acceptors (Lipinski definition) is 6. The highest BCUT2D eigenvalue weighted by Crippen LogP contribution is 2.35. The van der Waals surface area contributed by atoms with E-state index >= 15 is 0 Å². The van der Waals surface area contributed by atoms with E-state index in [1.807, 2.05) is 24.4 Å². The van der Waals surface area contributed by atoms with E-state index in [4.69, 9.17) is 9.84 Å². The van der Waals surface area contributed by atoms with Gasteiger partial charge in [-0.05, 0) is 62.8 Å². The summed E-state index contributed by atoms with van der Waals surface area (Å²) in [4.78, 5) is 17.4. The molecule has 0 bridgehead atoms. The molecule has 164 valence electrons. The van der Waals surface area contributed by atoms with Crippen LogP contribution in [0.5, 0.6) is 5.88 Å². The van der Waals surface area contributed by atoms with Crippen LogP contribution in [0.1, 0.15) is 48.9 Å². The second-order valence-electron chi connectivity index (χ2n) is 8.66. The first-order valence-corrected chi connectivity index (χ1v) is 11.1. The Morgan fingerprint density at radius 3 is 2.81 bits per heavy atom. The average Bonchev–Trinajstić information content (AvgIpc) is 3.42. The topological polar surface area (TPSA) is 107 Å². The third-order valence-electron chi connectivity index (χ3n) is 6.21. The van der Waals surface area contributed by atoms with Crippen molar-refractivity contribution in [2.75, 3.05) is 0 Å². The molecule has 0 atom stereocenters. The van der Waals surface area contributed by atoms with Gasteiger partial charge in [-0.3, -0.25) is 4.79 Å². The SMILES string of the molecule is O=C(NC1CCC(O)CC1)c1ccc2nn(-c3cnn4cccnc34)c(OC3CC3)c2c1. The number of amides is 1. The second-order valence-corrected chi connectivity index (χ2v) is 8.66. The summed E-state index contributed by atoms with van der Waals surface area (Å²) in [6, 6.07) is 7.41. The zero-order valence-corrected chi connectivity index (χ0v) is 17.5. The fourth-order valence-electron chi connectivity index (χ4n) is 4.28. The van der Waals surface area contributed by atoms with Crippen molar-refractivity contribution in [1.82, 2.24) is 29.7 Å². The number of rotatable bonds is 5. The van der Waals surface area contributed by atoms with Gasteiger partial charge in [0.1, 0.15) is 11.8 Å². The standard InChI is InChI=1S/C23H24N6O3/c30-16-5-3-15(4-6-16)26-22(31)14-2-9-19-18(12-14)23(32-17-7-8-17)29(27-19)20-13-25-28-11-1-10-24-21(20)28/h1-2,9-13,15-17,30H,3-8H2,(H,26,31). The highest BCUT2D eigenvalue weighted by Gasteiger charge is 2.28. The van der Waals surface area contributed by atoms with Gasteiger partial charge in [0.05, 0.1) is 23.2 Å². The molecule has 2 aliphatic rings. The Bertz CT molecular complexity index is 1300. The maximum absolute atomic E-state index is 12.9. The summed E-state index contributed by atoms with van der Waals surface area (Å²) < 4.78 is 9.69. The summed E-state index contributed by atoms with van der Waals surface area (Å²) in [6.07, 6.45) is 10.3. The minimum Gasteiger partial charge on any atom is -0.474 e. The Morgan fingerprint density at radius 1 is 1.16 bits per heavy atom. The number of nitrogens with zero attached hydrogens (tertiary/aromatic N) is 5. The van der Waals surface area contributed by atoms with E-state index in [9.17, 15) is 9.90 Å². The van der Waals surface area contributed by atoms with Gasteiger partial charge in [-0.1, -0.05) is 0 Å². The lowest BCUT2D eigenvalue weighted by molar-refractivity contribution is 0.0868. The molecule has 0 saturated heterocycles. The lowest BCUT2D eigenvalue weighted by Crippen LogP contribution is -2.38. The molecule has 2 saturated carbocycles. The summed E-state index contributed by atoms with van der Waals surface area (Å²) in [5.74, 6) is 0.495. The van der Waals surface area contributed by atoms with Crippen LogP contribution in [0, 0.1) is 0 Å². The van der Waals surface area contributed by atoms with E-state index in [0.29, 0.717) is 17.1 Å². The molecule has 2 fully saturated rings. The molecule has 32 heavy (non-hydrogen) atoms. The predicted molar refractivity (Wildman–Crippen MR) is 117 cm³/mol. The zero-order valence-electron chi connectivity index (χ0n) is 17.5. The molecule has 6 rings (SSSR count). The van der Waals surface area contributed by atoms with Crippen LogP contribution < -0.4 is 10.1 Å². The van der Waals surface area contributed by atoms with Gasteiger partial charge in [0.15, 0.2) is 5.65 Å². The van der Waals surface area contributed by atoms with Crippen molar-refractivity contribution in [2.24, 2.45) is 0 Å². The molecule has 1 aromatic carbocycles. The van der Waals surface area contributed by atoms with Crippen LogP contribution in [0.25, 0.3) is 22.2 Å². The Kier molecular flexibility index (Phi) is 4.57. The van der Waals surface area contributed by atoms with Crippen molar-refractivity contribution in [3.8, 4) is 11.6 Å². The van der Waals surface area contributed by atoms with Crippen molar-refractivity contribution < 1.29 is 14.6 Å². The molecule has 0 spiro atoms. The maximum Gasteiger partial charge on any atom is 0.251 e. The normalized spacial score (nSPS) is 21.2. The number of aliphatic hydroxyl groups excluding tert-OH is 1. The first-order chi connectivity index (χ1) is 15.7. The molecule has 0 radical (unpaired) electrons. The lowest BCUT2D eigenvalue weighted by atomic mass is 9.93. The zero-order chi connectivity index (χ0) is 21.7. The van der Waals surface area contributed by atoms with Crippen LogP contribution in [-0.4, -0.2) is 53.6 Å². The summed E-state index contributed by atoms with van der Waals surface area (Å²) in [7, 11) is 0. The number of fused-ring (bicyclic) bond motifs is 2. The van der Waals surface area contributed by atoms with E-state index in [-0.39, 0.29) is 24.2 Å². The molecule has 2 N–H and O–H groups in total. The van der Waals surface area contributed by atoms with E-state index in [1.165, 1.54) is 0 Å². The summed E-state index contributed by atoms with van der Waals surface area (Å²) in [5.41, 5.74) is 2.72. The fraction of sp³-hybridized carbons (Fsp3) is 0.391. The Balaban J connectivity index is 1.37. The molecular formula is C23H24N6O3. The minimum absolute atomic E-state index is 0.0939. The van der Waals surface area contributed by atoms with Crippen LogP contribution in [-0.2, 0) is 0 Å². The highest BCUT2D eigenvalue weighted by molar-refractivity contribution is 5.99. The van der Waals surface area contributed by atoms with Crippen LogP contribution in [0.15, 0.2) is 42.9 Å². The smallest absolute Gasteiger partial charge is 0.251 e. The van der Waals surface area contributed by atoms with Gasteiger partial charge in [-0.2, -0.15) is 14.9 Å². The van der Waals surface area contributed by atoms with E-state index in [1.54, 1.807) is 27.7 Å². The number of hydrogen-bond donors (Lipinski definition) is 2. The maximum atomic E-state index is 12.9. The van der Waals surface area contributed by atoms with Crippen LogP contribution in [0.4, 0.5) is 0 Å². The van der Waals surface area contributed by atoms with Gasteiger partial charge in [0.25, 0.3) is 5.91 Å². The van der Waals surface area contributed by atoms with Crippen molar-refractivity contribution in [3.63, 3.8) is 0 Å². The molecular weight excluding hydrogens is 408 g/mol. The first kappa shape index (κ1) is 19.2. The minimum atomic E-state index is -0.248. The first-order valence-electron chi connectivity index (χ1n) is 11.1. The Hall–Kier alpha value is -3.46. The second kappa shape index (κ2) is 7.59. The summed E-state index contributed by atoms with van der Waals surface area (Å²) in [5, 5.41) is 22.7. The fourth-order valence-corrected chi connectivity index (χ4v) is 4.28. The van der Waals surface area contributed by atoms with Crippen LogP contribution >= 0.6 is 0 Å². The van der Waals surface area contributed by atoms with Gasteiger partial charge in [-0.15, -0.1) is 0 Å². The predicted octanol–water partition coefficient (Wildman–Crippen LogP) is 2.64. The van der Waals surface area contributed by atoms with Crippen molar-refractivity contribution >= 4 is 22.5 Å². The van der Waals surface area contributed by atoms with Crippen LogP contribution in [0.3, 0.4) is 0 Å². The summed E-state index contributed by atoms with van der Waals surface area (Å²) in [6.45, 7) is 0. The van der Waals surface area contributed by atoms with Crippen molar-refractivity contribution in [2.45, 2.75) is 56.8 Å². The number of ether oxygens (including phenoxy) is 1. The van der Waals surface area contributed by atoms with Gasteiger partial charge in [-0.25, -0.2) is 9.50 Å². The lowest BCUT2D eigenvalue weighted by Gasteiger charge is -2.26. The van der Waals surface area contributed by atoms with Crippen LogP contribution in [0.2, 0.25) is 0 Å². The molecule has 4 aromatic rings. The largest absolute Gasteiger partial charge is 0.474 e. The molecule has 1 amide bonds. The number of nitrogens with one attached hydrogen (secondary N) is 1. The van der Waals surface area contributed by atoms with Crippen molar-refractivity contribution in [1.29, 1.82) is 0 Å². The average molecular weight is 432 g/mol. The third-order valence-corrected chi connectivity index (χ3v) is 6.21. The summed E-state index contributed by atoms with van der Waals surface area (Å²) >= 11 is 0. The monoisotopic (exact) mass is 432 g/mol. The molecule has 9 nitrogen and oxygen atoms in total. The third kappa shape index (κ3) is 3.48.